The predicted octanol–water partition coefficient (Wildman–Crippen LogP) is 8.97. The summed E-state index contributed by atoms with van der Waals surface area (Å²) >= 11 is 6.66. The molecule has 3 rings (SSSR count). The number of ether oxygens (including phenoxy) is 1. The predicted molar refractivity (Wildman–Crippen MR) is 149 cm³/mol. The number of fused-ring (bicyclic) bond motifs is 1. The molecule has 0 bridgehead atoms. The van der Waals surface area contributed by atoms with Gasteiger partial charge in [-0.3, -0.25) is 0 Å². The van der Waals surface area contributed by atoms with E-state index in [0.717, 1.165) is 41.1 Å². The first-order chi connectivity index (χ1) is 17.0. The number of allylic oxidation sites excluding steroid dienone is 7. The number of aliphatic imine (C=N–C) groups is 1. The molecule has 2 aliphatic rings. The normalized spacial score (nSPS) is 17.4. The van der Waals surface area contributed by atoms with Gasteiger partial charge in [0, 0.05) is 17.1 Å². The van der Waals surface area contributed by atoms with Crippen molar-refractivity contribution < 1.29 is 9.84 Å². The Hall–Kier alpha value is -2.72. The Bertz CT molecular complexity index is 1030. The van der Waals surface area contributed by atoms with E-state index < -0.39 is 0 Å². The molecule has 4 nitrogen and oxygen atoms in total. The number of amidine groups is 1. The van der Waals surface area contributed by atoms with Crippen LogP contribution in [0.1, 0.15) is 76.3 Å². The van der Waals surface area contributed by atoms with E-state index in [-0.39, 0.29) is 5.76 Å². The Morgan fingerprint density at radius 3 is 2.66 bits per heavy atom. The molecule has 0 amide bonds. The fourth-order valence-corrected chi connectivity index (χ4v) is 4.76. The summed E-state index contributed by atoms with van der Waals surface area (Å²) < 4.78 is 5.94. The SMILES string of the molecule is C=C(O)C/C=C(\C=C/CC)OC1=NCc2cc(C/C=C\C(=C/CC)C3CCCCC3)c(Cl)cc2N1. The maximum atomic E-state index is 9.42. The van der Waals surface area contributed by atoms with Crippen LogP contribution in [0.3, 0.4) is 0 Å². The molecular formula is C30H39ClN2O2. The molecule has 35 heavy (non-hydrogen) atoms. The number of hydrogen-bond acceptors (Lipinski definition) is 4. The summed E-state index contributed by atoms with van der Waals surface area (Å²) in [4.78, 5) is 4.56. The summed E-state index contributed by atoms with van der Waals surface area (Å²) in [5.41, 5.74) is 4.60. The van der Waals surface area contributed by atoms with Crippen LogP contribution in [0.4, 0.5) is 5.69 Å². The number of hydrogen-bond donors (Lipinski definition) is 2. The number of halogens is 1. The van der Waals surface area contributed by atoms with Gasteiger partial charge in [-0.2, -0.15) is 0 Å². The van der Waals surface area contributed by atoms with Gasteiger partial charge in [-0.15, -0.1) is 0 Å². The van der Waals surface area contributed by atoms with Gasteiger partial charge in [-0.05, 0) is 72.9 Å². The molecule has 5 heteroatoms. The number of aliphatic hydroxyl groups is 1. The third kappa shape index (κ3) is 8.47. The van der Waals surface area contributed by atoms with Gasteiger partial charge in [0.25, 0.3) is 6.02 Å². The maximum Gasteiger partial charge on any atom is 0.295 e. The topological polar surface area (TPSA) is 53.9 Å². The van der Waals surface area contributed by atoms with E-state index in [1.165, 1.54) is 37.7 Å². The molecule has 1 saturated carbocycles. The van der Waals surface area contributed by atoms with Crippen molar-refractivity contribution in [3.05, 3.63) is 88.4 Å². The summed E-state index contributed by atoms with van der Waals surface area (Å²) in [5, 5.41) is 13.4. The van der Waals surface area contributed by atoms with Crippen LogP contribution < -0.4 is 5.32 Å². The number of aliphatic hydroxyl groups excluding tert-OH is 1. The van der Waals surface area contributed by atoms with Gasteiger partial charge in [0.15, 0.2) is 0 Å². The fourth-order valence-electron chi connectivity index (χ4n) is 4.51. The second-order valence-electron chi connectivity index (χ2n) is 9.19. The zero-order chi connectivity index (χ0) is 25.0. The Balaban J connectivity index is 1.67. The molecule has 0 saturated heterocycles. The number of nitrogens with zero attached hydrogens (tertiary/aromatic N) is 1. The van der Waals surface area contributed by atoms with Crippen LogP contribution in [-0.2, 0) is 17.7 Å². The number of benzene rings is 1. The molecule has 1 fully saturated rings. The Kier molecular flexibility index (Phi) is 10.7. The first kappa shape index (κ1) is 26.9. The van der Waals surface area contributed by atoms with Crippen LogP contribution in [0, 0.1) is 5.92 Å². The molecule has 1 heterocycles. The Morgan fingerprint density at radius 1 is 1.14 bits per heavy atom. The van der Waals surface area contributed by atoms with Gasteiger partial charge in [0.05, 0.1) is 12.3 Å². The highest BCUT2D eigenvalue weighted by atomic mass is 35.5. The first-order valence-corrected chi connectivity index (χ1v) is 13.3. The zero-order valence-corrected chi connectivity index (χ0v) is 21.9. The molecule has 0 spiro atoms. The largest absolute Gasteiger partial charge is 0.513 e. The minimum atomic E-state index is 0.0873. The molecule has 0 atom stereocenters. The van der Waals surface area contributed by atoms with Crippen molar-refractivity contribution >= 4 is 23.3 Å². The van der Waals surface area contributed by atoms with Gasteiger partial charge in [-0.1, -0.05) is 81.7 Å². The lowest BCUT2D eigenvalue weighted by molar-refractivity contribution is 0.395. The minimum absolute atomic E-state index is 0.0873. The quantitative estimate of drug-likeness (QED) is 0.252. The van der Waals surface area contributed by atoms with E-state index in [9.17, 15) is 5.11 Å². The molecule has 2 N–H and O–H groups in total. The molecule has 1 aliphatic carbocycles. The summed E-state index contributed by atoms with van der Waals surface area (Å²) in [6.45, 7) is 8.31. The van der Waals surface area contributed by atoms with Crippen molar-refractivity contribution in [2.24, 2.45) is 10.9 Å². The lowest BCUT2D eigenvalue weighted by Crippen LogP contribution is -2.20. The smallest absolute Gasteiger partial charge is 0.295 e. The van der Waals surface area contributed by atoms with Crippen molar-refractivity contribution in [3.8, 4) is 0 Å². The average molecular weight is 495 g/mol. The van der Waals surface area contributed by atoms with Crippen molar-refractivity contribution in [1.29, 1.82) is 0 Å². The third-order valence-corrected chi connectivity index (χ3v) is 6.69. The second-order valence-corrected chi connectivity index (χ2v) is 9.60. The van der Waals surface area contributed by atoms with E-state index in [4.69, 9.17) is 16.3 Å². The van der Waals surface area contributed by atoms with E-state index in [2.05, 4.69) is 55.0 Å². The molecule has 0 aromatic heterocycles. The second kappa shape index (κ2) is 14.0. The van der Waals surface area contributed by atoms with E-state index in [1.807, 2.05) is 18.2 Å². The van der Waals surface area contributed by atoms with Gasteiger partial charge < -0.3 is 15.2 Å². The van der Waals surface area contributed by atoms with E-state index >= 15 is 0 Å². The molecule has 0 unspecified atom stereocenters. The van der Waals surface area contributed by atoms with Gasteiger partial charge >= 0.3 is 0 Å². The van der Waals surface area contributed by atoms with Crippen LogP contribution in [-0.4, -0.2) is 11.1 Å². The number of nitrogens with one attached hydrogen (secondary N) is 1. The first-order valence-electron chi connectivity index (χ1n) is 12.9. The molecule has 188 valence electrons. The number of anilines is 1. The highest BCUT2D eigenvalue weighted by Gasteiger charge is 2.17. The van der Waals surface area contributed by atoms with Crippen molar-refractivity contribution in [2.75, 3.05) is 5.32 Å². The summed E-state index contributed by atoms with van der Waals surface area (Å²) in [6.07, 6.45) is 22.4. The third-order valence-electron chi connectivity index (χ3n) is 6.34. The van der Waals surface area contributed by atoms with Crippen LogP contribution in [0.15, 0.2) is 77.3 Å². The van der Waals surface area contributed by atoms with Crippen molar-refractivity contribution in [1.82, 2.24) is 0 Å². The average Bonchev–Trinajstić information content (AvgIpc) is 2.86. The Morgan fingerprint density at radius 2 is 1.94 bits per heavy atom. The molecular weight excluding hydrogens is 456 g/mol. The maximum absolute atomic E-state index is 9.42. The minimum Gasteiger partial charge on any atom is -0.513 e. The number of rotatable bonds is 10. The highest BCUT2D eigenvalue weighted by molar-refractivity contribution is 6.31. The molecule has 1 aromatic carbocycles. The highest BCUT2D eigenvalue weighted by Crippen LogP contribution is 2.32. The standard InChI is InChI=1S/C30H39ClN2O2/c1-4-6-16-27(18-17-22(3)34)35-30-32-21-26-19-25(28(31)20-29(26)33-30)15-10-14-23(11-5-2)24-12-8-7-9-13-24/h6,10-11,14,16,18-20,24,34H,3-5,7-9,12-13,15,17,21H2,1-2H3,(H,32,33)/b14-10-,16-6-,23-11+,27-18+. The summed E-state index contributed by atoms with van der Waals surface area (Å²) in [7, 11) is 0. The molecule has 1 aliphatic heterocycles. The molecule has 0 radical (unpaired) electrons. The lowest BCUT2D eigenvalue weighted by Gasteiger charge is -2.23. The van der Waals surface area contributed by atoms with E-state index in [1.54, 1.807) is 6.08 Å². The fraction of sp³-hybridized carbons (Fsp3) is 0.433. The van der Waals surface area contributed by atoms with Crippen molar-refractivity contribution in [3.63, 3.8) is 0 Å². The van der Waals surface area contributed by atoms with Gasteiger partial charge in [0.2, 0.25) is 0 Å². The Labute approximate surface area is 215 Å². The summed E-state index contributed by atoms with van der Waals surface area (Å²) in [6, 6.07) is 4.52. The monoisotopic (exact) mass is 494 g/mol. The van der Waals surface area contributed by atoms with Gasteiger partial charge in [0.1, 0.15) is 5.76 Å². The van der Waals surface area contributed by atoms with E-state index in [0.29, 0.717) is 30.7 Å². The van der Waals surface area contributed by atoms with Crippen molar-refractivity contribution in [2.45, 2.75) is 78.2 Å². The zero-order valence-electron chi connectivity index (χ0n) is 21.2. The van der Waals surface area contributed by atoms with Crippen LogP contribution in [0.25, 0.3) is 0 Å². The van der Waals surface area contributed by atoms with Gasteiger partial charge in [-0.25, -0.2) is 4.99 Å². The summed E-state index contributed by atoms with van der Waals surface area (Å²) in [5.74, 6) is 1.40. The lowest BCUT2D eigenvalue weighted by atomic mass is 9.83. The van der Waals surface area contributed by atoms with Crippen LogP contribution in [0.5, 0.6) is 0 Å². The van der Waals surface area contributed by atoms with Crippen LogP contribution in [0.2, 0.25) is 5.02 Å². The molecule has 1 aromatic rings. The van der Waals surface area contributed by atoms with Crippen LogP contribution >= 0.6 is 11.6 Å².